The number of methoxy groups -OCH3 is 1. The zero-order chi connectivity index (χ0) is 17.8. The molecule has 0 radical (unpaired) electrons. The first-order chi connectivity index (χ1) is 11.7. The molecule has 0 bridgehead atoms. The molecule has 0 unspecified atom stereocenters. The number of halogens is 1. The zero-order valence-electron chi connectivity index (χ0n) is 15.9. The van der Waals surface area contributed by atoms with Gasteiger partial charge in [-0.15, -0.1) is 30.6 Å². The lowest BCUT2D eigenvalue weighted by atomic mass is 10.2. The molecule has 142 valence electrons. The molecule has 0 atom stereocenters. The second kappa shape index (κ2) is 13.8. The van der Waals surface area contributed by atoms with E-state index in [0.29, 0.717) is 13.2 Å². The van der Waals surface area contributed by atoms with Crippen molar-refractivity contribution in [3.8, 4) is 11.5 Å². The zero-order valence-corrected chi connectivity index (χ0v) is 18.2. The predicted octanol–water partition coefficient (Wildman–Crippen LogP) is 4.08. The van der Waals surface area contributed by atoms with Gasteiger partial charge >= 0.3 is 0 Å². The third-order valence-corrected chi connectivity index (χ3v) is 3.54. The van der Waals surface area contributed by atoms with Crippen LogP contribution in [-0.4, -0.2) is 44.7 Å². The topological polar surface area (TPSA) is 46.1 Å². The Kier molecular flexibility index (Phi) is 13.0. The lowest BCUT2D eigenvalue weighted by Crippen LogP contribution is -2.39. The van der Waals surface area contributed by atoms with E-state index in [1.165, 1.54) is 0 Å². The van der Waals surface area contributed by atoms with Gasteiger partial charge in [-0.05, 0) is 44.4 Å². The van der Waals surface area contributed by atoms with Crippen molar-refractivity contribution in [3.05, 3.63) is 36.4 Å². The van der Waals surface area contributed by atoms with Crippen LogP contribution in [0.2, 0.25) is 0 Å². The van der Waals surface area contributed by atoms with E-state index in [0.717, 1.165) is 49.0 Å². The number of benzene rings is 1. The third kappa shape index (κ3) is 8.47. The number of nitrogens with one attached hydrogen (secondary N) is 1. The molecular weight excluding hydrogens is 429 g/mol. The first kappa shape index (κ1) is 23.6. The highest BCUT2D eigenvalue weighted by Gasteiger charge is 2.07. The molecule has 0 saturated heterocycles. The van der Waals surface area contributed by atoms with E-state index < -0.39 is 0 Å². The van der Waals surface area contributed by atoms with Gasteiger partial charge in [0.25, 0.3) is 0 Å². The van der Waals surface area contributed by atoms with Gasteiger partial charge in [0.1, 0.15) is 0 Å². The van der Waals surface area contributed by atoms with E-state index in [-0.39, 0.29) is 24.0 Å². The minimum atomic E-state index is 0. The molecular formula is C19H32IN3O2. The first-order valence-electron chi connectivity index (χ1n) is 8.56. The van der Waals surface area contributed by atoms with Crippen LogP contribution in [0.5, 0.6) is 11.5 Å². The maximum absolute atomic E-state index is 5.63. The van der Waals surface area contributed by atoms with E-state index in [1.807, 2.05) is 31.2 Å². The lowest BCUT2D eigenvalue weighted by Gasteiger charge is -2.21. The summed E-state index contributed by atoms with van der Waals surface area (Å²) in [5.41, 5.74) is 1.09. The average molecular weight is 461 g/mol. The van der Waals surface area contributed by atoms with Crippen molar-refractivity contribution in [2.24, 2.45) is 4.99 Å². The normalized spacial score (nSPS) is 10.6. The highest BCUT2D eigenvalue weighted by atomic mass is 127. The number of ether oxygens (including phenoxy) is 2. The van der Waals surface area contributed by atoms with Crippen LogP contribution in [0.3, 0.4) is 0 Å². The van der Waals surface area contributed by atoms with E-state index in [9.17, 15) is 0 Å². The van der Waals surface area contributed by atoms with Gasteiger partial charge in [-0.3, -0.25) is 0 Å². The van der Waals surface area contributed by atoms with E-state index in [1.54, 1.807) is 7.11 Å². The average Bonchev–Trinajstić information content (AvgIpc) is 2.59. The van der Waals surface area contributed by atoms with Gasteiger partial charge in [-0.1, -0.05) is 12.1 Å². The number of unbranched alkanes of at least 4 members (excludes halogenated alkanes) is 1. The van der Waals surface area contributed by atoms with Crippen molar-refractivity contribution >= 4 is 29.9 Å². The quantitative estimate of drug-likeness (QED) is 0.188. The van der Waals surface area contributed by atoms with Crippen molar-refractivity contribution in [2.45, 2.75) is 33.2 Å². The van der Waals surface area contributed by atoms with Crippen molar-refractivity contribution < 1.29 is 9.47 Å². The molecule has 0 fully saturated rings. The summed E-state index contributed by atoms with van der Waals surface area (Å²) in [6.45, 7) is 10.8. The molecule has 25 heavy (non-hydrogen) atoms. The third-order valence-electron chi connectivity index (χ3n) is 3.54. The number of hydrogen-bond donors (Lipinski definition) is 1. The molecule has 1 N–H and O–H groups in total. The molecule has 5 nitrogen and oxygen atoms in total. The van der Waals surface area contributed by atoms with Crippen LogP contribution in [0.4, 0.5) is 0 Å². The summed E-state index contributed by atoms with van der Waals surface area (Å²) in [5.74, 6) is 2.42. The second-order valence-corrected chi connectivity index (χ2v) is 5.44. The Morgan fingerprint density at radius 3 is 2.68 bits per heavy atom. The molecule has 0 aliphatic carbocycles. The Balaban J connectivity index is 0.00000576. The highest BCUT2D eigenvalue weighted by molar-refractivity contribution is 14.0. The minimum Gasteiger partial charge on any atom is -0.493 e. The van der Waals surface area contributed by atoms with Gasteiger partial charge in [-0.2, -0.15) is 0 Å². The summed E-state index contributed by atoms with van der Waals surface area (Å²) in [4.78, 5) is 6.88. The van der Waals surface area contributed by atoms with E-state index >= 15 is 0 Å². The fourth-order valence-electron chi connectivity index (χ4n) is 2.30. The molecule has 0 heterocycles. The summed E-state index contributed by atoms with van der Waals surface area (Å²) in [6.07, 6.45) is 4.03. The van der Waals surface area contributed by atoms with Crippen molar-refractivity contribution in [1.82, 2.24) is 10.2 Å². The number of aliphatic imine (C=N–C) groups is 1. The Bertz CT molecular complexity index is 535. The minimum absolute atomic E-state index is 0. The number of nitrogens with zero attached hydrogens (tertiary/aromatic N) is 2. The summed E-state index contributed by atoms with van der Waals surface area (Å²) < 4.78 is 10.9. The van der Waals surface area contributed by atoms with Crippen LogP contribution in [-0.2, 0) is 6.54 Å². The molecule has 0 aliphatic heterocycles. The van der Waals surface area contributed by atoms with Crippen LogP contribution in [0.15, 0.2) is 35.8 Å². The number of allylic oxidation sites excluding steroid dienone is 1. The molecule has 0 saturated carbocycles. The smallest absolute Gasteiger partial charge is 0.193 e. The summed E-state index contributed by atoms with van der Waals surface area (Å²) in [6, 6.07) is 5.94. The van der Waals surface area contributed by atoms with E-state index in [4.69, 9.17) is 14.5 Å². The number of guanidine groups is 1. The fraction of sp³-hybridized carbons (Fsp3) is 0.526. The molecule has 0 aliphatic rings. The van der Waals surface area contributed by atoms with Crippen LogP contribution in [0.1, 0.15) is 32.3 Å². The molecule has 1 aromatic carbocycles. The molecule has 1 aromatic rings. The van der Waals surface area contributed by atoms with Crippen LogP contribution in [0.25, 0.3) is 0 Å². The Labute approximate surface area is 169 Å². The molecule has 1 rings (SSSR count). The molecule has 0 spiro atoms. The second-order valence-electron chi connectivity index (χ2n) is 5.44. The molecule has 6 heteroatoms. The lowest BCUT2D eigenvalue weighted by molar-refractivity contribution is 0.310. The van der Waals surface area contributed by atoms with Crippen LogP contribution >= 0.6 is 24.0 Å². The van der Waals surface area contributed by atoms with Gasteiger partial charge < -0.3 is 19.7 Å². The largest absolute Gasteiger partial charge is 0.493 e. The summed E-state index contributed by atoms with van der Waals surface area (Å²) >= 11 is 0. The monoisotopic (exact) mass is 461 g/mol. The fourth-order valence-corrected chi connectivity index (χ4v) is 2.30. The van der Waals surface area contributed by atoms with Gasteiger partial charge in [0.15, 0.2) is 17.5 Å². The van der Waals surface area contributed by atoms with Crippen LogP contribution in [0, 0.1) is 0 Å². The summed E-state index contributed by atoms with van der Waals surface area (Å²) in [5, 5.41) is 3.34. The first-order valence-corrected chi connectivity index (χ1v) is 8.56. The Morgan fingerprint density at radius 2 is 2.08 bits per heavy atom. The molecule has 0 aromatic heterocycles. The Morgan fingerprint density at radius 1 is 1.32 bits per heavy atom. The van der Waals surface area contributed by atoms with Gasteiger partial charge in [0, 0.05) is 20.1 Å². The number of hydrogen-bond acceptors (Lipinski definition) is 3. The van der Waals surface area contributed by atoms with Crippen LogP contribution < -0.4 is 14.8 Å². The van der Waals surface area contributed by atoms with Gasteiger partial charge in [-0.25, -0.2) is 4.99 Å². The van der Waals surface area contributed by atoms with Crippen molar-refractivity contribution in [1.29, 1.82) is 0 Å². The SMILES string of the molecule is C=CCCCN(C)C(=NCc1ccc(OC)c(OCC)c1)NCC.I. The van der Waals surface area contributed by atoms with Crippen molar-refractivity contribution in [2.75, 3.05) is 33.9 Å². The van der Waals surface area contributed by atoms with E-state index in [2.05, 4.69) is 30.8 Å². The number of rotatable bonds is 10. The predicted molar refractivity (Wildman–Crippen MR) is 116 cm³/mol. The maximum Gasteiger partial charge on any atom is 0.193 e. The van der Waals surface area contributed by atoms with Crippen molar-refractivity contribution in [3.63, 3.8) is 0 Å². The molecule has 0 amide bonds. The summed E-state index contributed by atoms with van der Waals surface area (Å²) in [7, 11) is 3.71. The van der Waals surface area contributed by atoms with Gasteiger partial charge in [0.05, 0.1) is 20.3 Å². The van der Waals surface area contributed by atoms with Gasteiger partial charge in [0.2, 0.25) is 0 Å². The standard InChI is InChI=1S/C19H31N3O2.HI/c1-6-9-10-13-22(4)19(20-7-2)21-15-16-11-12-17(23-5)18(14-16)24-8-3;/h6,11-12,14H,1,7-10,13,15H2,2-5H3,(H,20,21);1H. The highest BCUT2D eigenvalue weighted by Crippen LogP contribution is 2.28. The Hall–Kier alpha value is -1.44. The maximum atomic E-state index is 5.63.